The molecular formula is C13H14F3N3S. The van der Waals surface area contributed by atoms with E-state index in [-0.39, 0.29) is 13.0 Å². The average Bonchev–Trinajstić information content (AvgIpc) is 2.97. The Bertz CT molecular complexity index is 616. The standard InChI is InChI=1S/C13H14F3N3S/c1-7-11(10-3-2-4-20-10)18-12-9(17)5-8(6-19(7)12)13(14,15)16/h2-4,8-9H,5-6,17H2,1H3. The summed E-state index contributed by atoms with van der Waals surface area (Å²) in [4.78, 5) is 5.43. The van der Waals surface area contributed by atoms with E-state index in [0.717, 1.165) is 16.3 Å². The van der Waals surface area contributed by atoms with Crippen molar-refractivity contribution in [3.05, 3.63) is 29.0 Å². The highest BCUT2D eigenvalue weighted by Gasteiger charge is 2.44. The van der Waals surface area contributed by atoms with Crippen LogP contribution in [0.1, 0.15) is 24.0 Å². The van der Waals surface area contributed by atoms with E-state index < -0.39 is 18.1 Å². The molecule has 2 aromatic rings. The first kappa shape index (κ1) is 13.6. The SMILES string of the molecule is Cc1c(-c2cccs2)nc2n1CC(C(F)(F)F)CC2N. The van der Waals surface area contributed by atoms with Gasteiger partial charge in [0, 0.05) is 12.2 Å². The van der Waals surface area contributed by atoms with Crippen LogP contribution in [0.4, 0.5) is 13.2 Å². The number of imidazole rings is 1. The van der Waals surface area contributed by atoms with Crippen LogP contribution >= 0.6 is 11.3 Å². The second-order valence-corrected chi connectivity index (χ2v) is 6.02. The average molecular weight is 301 g/mol. The van der Waals surface area contributed by atoms with Gasteiger partial charge in [0.1, 0.15) is 11.5 Å². The van der Waals surface area contributed by atoms with Gasteiger partial charge in [0.25, 0.3) is 0 Å². The molecule has 0 spiro atoms. The number of fused-ring (bicyclic) bond motifs is 1. The minimum Gasteiger partial charge on any atom is -0.330 e. The van der Waals surface area contributed by atoms with Gasteiger partial charge in [-0.2, -0.15) is 13.2 Å². The second-order valence-electron chi connectivity index (χ2n) is 5.07. The fraction of sp³-hybridized carbons (Fsp3) is 0.462. The molecule has 3 rings (SSSR count). The zero-order valence-electron chi connectivity index (χ0n) is 10.8. The van der Waals surface area contributed by atoms with Crippen LogP contribution in [-0.4, -0.2) is 15.7 Å². The van der Waals surface area contributed by atoms with Gasteiger partial charge < -0.3 is 10.3 Å². The summed E-state index contributed by atoms with van der Waals surface area (Å²) in [6, 6.07) is 3.15. The Kier molecular flexibility index (Phi) is 3.13. The van der Waals surface area contributed by atoms with Crippen LogP contribution in [-0.2, 0) is 6.54 Å². The zero-order valence-corrected chi connectivity index (χ0v) is 11.6. The molecule has 108 valence electrons. The van der Waals surface area contributed by atoms with E-state index in [1.807, 2.05) is 17.5 Å². The lowest BCUT2D eigenvalue weighted by molar-refractivity contribution is -0.184. The van der Waals surface area contributed by atoms with Crippen molar-refractivity contribution in [1.29, 1.82) is 0 Å². The number of hydrogen-bond donors (Lipinski definition) is 1. The van der Waals surface area contributed by atoms with Crippen LogP contribution < -0.4 is 5.73 Å². The summed E-state index contributed by atoms with van der Waals surface area (Å²) in [6.07, 6.45) is -4.31. The molecular weight excluding hydrogens is 287 g/mol. The van der Waals surface area contributed by atoms with Crippen LogP contribution in [0.15, 0.2) is 17.5 Å². The van der Waals surface area contributed by atoms with Crippen LogP contribution in [0.3, 0.4) is 0 Å². The third-order valence-electron chi connectivity index (χ3n) is 3.74. The van der Waals surface area contributed by atoms with Crippen molar-refractivity contribution in [3.8, 4) is 10.6 Å². The van der Waals surface area contributed by atoms with Crippen molar-refractivity contribution in [2.24, 2.45) is 11.7 Å². The number of halogens is 3. The predicted molar refractivity (Wildman–Crippen MR) is 71.4 cm³/mol. The Balaban J connectivity index is 2.04. The Labute approximate surface area is 118 Å². The van der Waals surface area contributed by atoms with Crippen molar-refractivity contribution in [1.82, 2.24) is 9.55 Å². The minimum absolute atomic E-state index is 0.0866. The molecule has 1 aliphatic rings. The largest absolute Gasteiger partial charge is 0.393 e. The molecule has 2 N–H and O–H groups in total. The summed E-state index contributed by atoms with van der Waals surface area (Å²) in [5.41, 5.74) is 7.39. The lowest BCUT2D eigenvalue weighted by Gasteiger charge is -2.30. The molecule has 0 saturated heterocycles. The topological polar surface area (TPSA) is 43.8 Å². The molecule has 0 amide bonds. The van der Waals surface area contributed by atoms with Crippen molar-refractivity contribution in [2.45, 2.75) is 32.1 Å². The highest BCUT2D eigenvalue weighted by atomic mass is 32.1. The molecule has 2 atom stereocenters. The van der Waals surface area contributed by atoms with E-state index >= 15 is 0 Å². The monoisotopic (exact) mass is 301 g/mol. The van der Waals surface area contributed by atoms with Gasteiger partial charge >= 0.3 is 6.18 Å². The highest BCUT2D eigenvalue weighted by molar-refractivity contribution is 7.13. The van der Waals surface area contributed by atoms with Crippen LogP contribution in [0.5, 0.6) is 0 Å². The number of aromatic nitrogens is 2. The number of alkyl halides is 3. The molecule has 20 heavy (non-hydrogen) atoms. The van der Waals surface area contributed by atoms with Gasteiger partial charge in [0.05, 0.1) is 16.8 Å². The van der Waals surface area contributed by atoms with E-state index in [4.69, 9.17) is 5.73 Å². The van der Waals surface area contributed by atoms with Crippen LogP contribution in [0.2, 0.25) is 0 Å². The van der Waals surface area contributed by atoms with Crippen LogP contribution in [0.25, 0.3) is 10.6 Å². The van der Waals surface area contributed by atoms with E-state index in [0.29, 0.717) is 5.82 Å². The smallest absolute Gasteiger partial charge is 0.330 e. The van der Waals surface area contributed by atoms with Gasteiger partial charge in [-0.25, -0.2) is 4.98 Å². The zero-order chi connectivity index (χ0) is 14.5. The number of thiophene rings is 1. The fourth-order valence-corrected chi connectivity index (χ4v) is 3.43. The second kappa shape index (κ2) is 4.60. The van der Waals surface area contributed by atoms with Gasteiger partial charge in [0.2, 0.25) is 0 Å². The first-order valence-electron chi connectivity index (χ1n) is 6.31. The molecule has 2 aromatic heterocycles. The van der Waals surface area contributed by atoms with Crippen LogP contribution in [0, 0.1) is 12.8 Å². The summed E-state index contributed by atoms with van der Waals surface area (Å²) in [7, 11) is 0. The molecule has 0 fully saturated rings. The summed E-state index contributed by atoms with van der Waals surface area (Å²) in [5.74, 6) is -0.833. The van der Waals surface area contributed by atoms with Gasteiger partial charge in [0.15, 0.2) is 0 Å². The quantitative estimate of drug-likeness (QED) is 0.876. The van der Waals surface area contributed by atoms with E-state index in [1.54, 1.807) is 11.5 Å². The number of nitrogens with two attached hydrogens (primary N) is 1. The third-order valence-corrected chi connectivity index (χ3v) is 4.62. The minimum atomic E-state index is -4.21. The number of rotatable bonds is 1. The lowest BCUT2D eigenvalue weighted by atomic mass is 9.95. The fourth-order valence-electron chi connectivity index (χ4n) is 2.66. The normalized spacial score (nSPS) is 22.9. The van der Waals surface area contributed by atoms with E-state index in [1.165, 1.54) is 11.3 Å². The summed E-state index contributed by atoms with van der Waals surface area (Å²) >= 11 is 1.52. The van der Waals surface area contributed by atoms with Crippen molar-refractivity contribution < 1.29 is 13.2 Å². The molecule has 0 bridgehead atoms. The maximum absolute atomic E-state index is 12.9. The van der Waals surface area contributed by atoms with Gasteiger partial charge in [-0.3, -0.25) is 0 Å². The third kappa shape index (κ3) is 2.14. The molecule has 3 heterocycles. The first-order valence-corrected chi connectivity index (χ1v) is 7.19. The first-order chi connectivity index (χ1) is 9.38. The molecule has 0 aromatic carbocycles. The van der Waals surface area contributed by atoms with Crippen molar-refractivity contribution >= 4 is 11.3 Å². The van der Waals surface area contributed by atoms with Gasteiger partial charge in [-0.15, -0.1) is 11.3 Å². The number of nitrogens with zero attached hydrogens (tertiary/aromatic N) is 2. The molecule has 0 radical (unpaired) electrons. The lowest BCUT2D eigenvalue weighted by Crippen LogP contribution is -2.37. The molecule has 0 aliphatic carbocycles. The summed E-state index contributed by atoms with van der Waals surface area (Å²) < 4.78 is 40.4. The molecule has 1 aliphatic heterocycles. The molecule has 0 saturated carbocycles. The van der Waals surface area contributed by atoms with Gasteiger partial charge in [-0.1, -0.05) is 6.07 Å². The van der Waals surface area contributed by atoms with E-state index in [9.17, 15) is 13.2 Å². The molecule has 2 unspecified atom stereocenters. The Morgan fingerprint density at radius 2 is 2.20 bits per heavy atom. The Hall–Kier alpha value is -1.34. The Morgan fingerprint density at radius 1 is 1.45 bits per heavy atom. The number of hydrogen-bond acceptors (Lipinski definition) is 3. The molecule has 3 nitrogen and oxygen atoms in total. The van der Waals surface area contributed by atoms with Gasteiger partial charge in [-0.05, 0) is 24.8 Å². The maximum atomic E-state index is 12.9. The predicted octanol–water partition coefficient (Wildman–Crippen LogP) is 3.50. The maximum Gasteiger partial charge on any atom is 0.393 e. The van der Waals surface area contributed by atoms with E-state index in [2.05, 4.69) is 4.98 Å². The summed E-state index contributed by atoms with van der Waals surface area (Å²) in [6.45, 7) is 1.72. The van der Waals surface area contributed by atoms with Crippen molar-refractivity contribution in [3.63, 3.8) is 0 Å². The Morgan fingerprint density at radius 3 is 2.80 bits per heavy atom. The molecule has 7 heteroatoms. The highest BCUT2D eigenvalue weighted by Crippen LogP contribution is 2.40. The van der Waals surface area contributed by atoms with Crippen molar-refractivity contribution in [2.75, 3.05) is 0 Å². The summed E-state index contributed by atoms with van der Waals surface area (Å²) in [5, 5.41) is 1.92.